The average Bonchev–Trinajstić information content (AvgIpc) is 3.05. The quantitative estimate of drug-likeness (QED) is 0.827. The Kier molecular flexibility index (Phi) is 5.27. The van der Waals surface area contributed by atoms with E-state index in [-0.39, 0.29) is 17.7 Å². The summed E-state index contributed by atoms with van der Waals surface area (Å²) >= 11 is 0. The molecule has 2 amide bonds. The Bertz CT molecular complexity index is 934. The molecule has 0 spiro atoms. The molecule has 1 aromatic heterocycles. The normalized spacial score (nSPS) is 18.8. The van der Waals surface area contributed by atoms with Crippen LogP contribution < -0.4 is 15.5 Å². The lowest BCUT2D eigenvalue weighted by Gasteiger charge is -2.24. The molecule has 1 aromatic carbocycles. The van der Waals surface area contributed by atoms with E-state index in [1.165, 1.54) is 0 Å². The molecule has 1 aliphatic heterocycles. The minimum absolute atomic E-state index is 0.0757. The molecule has 0 saturated carbocycles. The van der Waals surface area contributed by atoms with Crippen molar-refractivity contribution in [1.82, 2.24) is 15.3 Å². The number of anilines is 3. The van der Waals surface area contributed by atoms with E-state index in [4.69, 9.17) is 0 Å². The molecule has 3 rings (SSSR count). The maximum atomic E-state index is 12.9. The highest BCUT2D eigenvalue weighted by atomic mass is 16.2. The van der Waals surface area contributed by atoms with E-state index < -0.39 is 5.41 Å². The molecule has 1 atom stereocenters. The molecule has 1 unspecified atom stereocenters. The number of hydrogen-bond acceptors (Lipinski definition) is 6. The van der Waals surface area contributed by atoms with Gasteiger partial charge in [-0.15, -0.1) is 0 Å². The Morgan fingerprint density at radius 1 is 1.29 bits per heavy atom. The Hall–Kier alpha value is -3.47. The van der Waals surface area contributed by atoms with Crippen LogP contribution in [-0.2, 0) is 4.79 Å². The summed E-state index contributed by atoms with van der Waals surface area (Å²) in [6.45, 7) is 4.22. The Morgan fingerprint density at radius 3 is 2.57 bits per heavy atom. The lowest BCUT2D eigenvalue weighted by atomic mass is 9.77. The molecule has 1 aliphatic rings. The summed E-state index contributed by atoms with van der Waals surface area (Å²) in [6, 6.07) is 10.8. The highest BCUT2D eigenvalue weighted by Crippen LogP contribution is 2.40. The summed E-state index contributed by atoms with van der Waals surface area (Å²) in [5.74, 6) is 0.334. The molecule has 1 fully saturated rings. The first-order valence-corrected chi connectivity index (χ1v) is 9.06. The van der Waals surface area contributed by atoms with Crippen LogP contribution in [0.15, 0.2) is 36.5 Å². The number of aromatic nitrogens is 2. The van der Waals surface area contributed by atoms with Crippen LogP contribution in [0.25, 0.3) is 0 Å². The van der Waals surface area contributed by atoms with Crippen molar-refractivity contribution in [3.63, 3.8) is 0 Å². The molecule has 2 heterocycles. The van der Waals surface area contributed by atoms with Gasteiger partial charge in [0.05, 0.1) is 6.07 Å². The van der Waals surface area contributed by atoms with Gasteiger partial charge in [-0.2, -0.15) is 10.2 Å². The molecular weight excluding hydrogens is 356 g/mol. The summed E-state index contributed by atoms with van der Waals surface area (Å²) in [7, 11) is 1.58. The van der Waals surface area contributed by atoms with Gasteiger partial charge in [0.15, 0.2) is 0 Å². The second-order valence-electron chi connectivity index (χ2n) is 6.96. The average molecular weight is 378 g/mol. The van der Waals surface area contributed by atoms with Gasteiger partial charge in [-0.1, -0.05) is 13.8 Å². The molecule has 8 heteroatoms. The molecule has 0 bridgehead atoms. The Balaban J connectivity index is 1.79. The first-order valence-electron chi connectivity index (χ1n) is 9.06. The maximum absolute atomic E-state index is 12.9. The molecule has 0 aliphatic carbocycles. The summed E-state index contributed by atoms with van der Waals surface area (Å²) in [5, 5.41) is 15.2. The lowest BCUT2D eigenvalue weighted by Crippen LogP contribution is -2.37. The predicted octanol–water partition coefficient (Wildman–Crippen LogP) is 2.48. The van der Waals surface area contributed by atoms with Crippen molar-refractivity contribution in [3.8, 4) is 6.07 Å². The van der Waals surface area contributed by atoms with Crippen LogP contribution in [0.1, 0.15) is 30.6 Å². The van der Waals surface area contributed by atoms with Crippen molar-refractivity contribution < 1.29 is 9.59 Å². The van der Waals surface area contributed by atoms with Crippen LogP contribution in [0.3, 0.4) is 0 Å². The number of hydrogen-bond donors (Lipinski definition) is 2. The topological polar surface area (TPSA) is 111 Å². The number of carbonyl (C=O) groups is 2. The molecule has 8 nitrogen and oxygen atoms in total. The third-order valence-corrected chi connectivity index (χ3v) is 5.09. The highest BCUT2D eigenvalue weighted by molar-refractivity contribution is 6.01. The van der Waals surface area contributed by atoms with E-state index in [1.807, 2.05) is 13.8 Å². The summed E-state index contributed by atoms with van der Waals surface area (Å²) in [6.07, 6.45) is 2.05. The van der Waals surface area contributed by atoms with Crippen LogP contribution in [0.5, 0.6) is 0 Å². The molecular formula is C20H22N6O2. The molecule has 144 valence electrons. The fourth-order valence-electron chi connectivity index (χ4n) is 3.26. The predicted molar refractivity (Wildman–Crippen MR) is 105 cm³/mol. The van der Waals surface area contributed by atoms with E-state index in [2.05, 4.69) is 26.7 Å². The SMILES string of the molecule is CNC(=O)c1ccc(Nc2nccc(N3CCC(C#N)(C(C)C)C3=O)n2)cc1. The Labute approximate surface area is 163 Å². The third-order valence-electron chi connectivity index (χ3n) is 5.09. The van der Waals surface area contributed by atoms with E-state index in [0.29, 0.717) is 36.0 Å². The van der Waals surface area contributed by atoms with Gasteiger partial charge >= 0.3 is 0 Å². The summed E-state index contributed by atoms with van der Waals surface area (Å²) in [4.78, 5) is 34.7. The van der Waals surface area contributed by atoms with Crippen LogP contribution in [-0.4, -0.2) is 35.4 Å². The summed E-state index contributed by atoms with van der Waals surface area (Å²) < 4.78 is 0. The van der Waals surface area contributed by atoms with Gasteiger partial charge in [-0.25, -0.2) is 4.98 Å². The molecule has 2 aromatic rings. The van der Waals surface area contributed by atoms with Gasteiger partial charge in [0.1, 0.15) is 11.2 Å². The van der Waals surface area contributed by atoms with Gasteiger partial charge in [0.2, 0.25) is 11.9 Å². The van der Waals surface area contributed by atoms with Gasteiger partial charge in [-0.3, -0.25) is 14.5 Å². The number of nitrogens with zero attached hydrogens (tertiary/aromatic N) is 4. The smallest absolute Gasteiger partial charge is 0.251 e. The number of carbonyl (C=O) groups excluding carboxylic acids is 2. The van der Waals surface area contributed by atoms with Crippen LogP contribution >= 0.6 is 0 Å². The first kappa shape index (κ1) is 19.3. The second-order valence-corrected chi connectivity index (χ2v) is 6.96. The molecule has 2 N–H and O–H groups in total. The Morgan fingerprint density at radius 2 is 2.00 bits per heavy atom. The van der Waals surface area contributed by atoms with Crippen LogP contribution in [0.2, 0.25) is 0 Å². The van der Waals surface area contributed by atoms with Crippen molar-refractivity contribution in [3.05, 3.63) is 42.1 Å². The van der Waals surface area contributed by atoms with Crippen LogP contribution in [0, 0.1) is 22.7 Å². The van der Waals surface area contributed by atoms with E-state index in [1.54, 1.807) is 48.5 Å². The van der Waals surface area contributed by atoms with Gasteiger partial charge in [-0.05, 0) is 42.7 Å². The zero-order valence-corrected chi connectivity index (χ0v) is 16.1. The molecule has 1 saturated heterocycles. The van der Waals surface area contributed by atoms with Crippen molar-refractivity contribution in [2.75, 3.05) is 23.8 Å². The molecule has 0 radical (unpaired) electrons. The van der Waals surface area contributed by atoms with Crippen molar-refractivity contribution >= 4 is 29.3 Å². The van der Waals surface area contributed by atoms with Crippen molar-refractivity contribution in [1.29, 1.82) is 5.26 Å². The van der Waals surface area contributed by atoms with E-state index in [9.17, 15) is 14.9 Å². The van der Waals surface area contributed by atoms with Gasteiger partial charge in [0.25, 0.3) is 5.91 Å². The summed E-state index contributed by atoms with van der Waals surface area (Å²) in [5.41, 5.74) is 0.256. The highest BCUT2D eigenvalue weighted by Gasteiger charge is 2.50. The zero-order chi connectivity index (χ0) is 20.3. The largest absolute Gasteiger partial charge is 0.355 e. The van der Waals surface area contributed by atoms with Crippen LogP contribution in [0.4, 0.5) is 17.5 Å². The van der Waals surface area contributed by atoms with E-state index in [0.717, 1.165) is 0 Å². The third kappa shape index (κ3) is 3.39. The van der Waals surface area contributed by atoms with Crippen molar-refractivity contribution in [2.24, 2.45) is 11.3 Å². The number of nitrogens with one attached hydrogen (secondary N) is 2. The number of nitriles is 1. The van der Waals surface area contributed by atoms with Gasteiger partial charge in [0, 0.05) is 31.0 Å². The monoisotopic (exact) mass is 378 g/mol. The fourth-order valence-corrected chi connectivity index (χ4v) is 3.26. The number of amides is 2. The number of benzene rings is 1. The van der Waals surface area contributed by atoms with Crippen molar-refractivity contribution in [2.45, 2.75) is 20.3 Å². The van der Waals surface area contributed by atoms with E-state index >= 15 is 0 Å². The number of rotatable bonds is 5. The first-order chi connectivity index (χ1) is 13.4. The fraction of sp³-hybridized carbons (Fsp3) is 0.350. The minimum atomic E-state index is -1.01. The molecule has 28 heavy (non-hydrogen) atoms. The van der Waals surface area contributed by atoms with Gasteiger partial charge < -0.3 is 10.6 Å². The second kappa shape index (κ2) is 7.64. The minimum Gasteiger partial charge on any atom is -0.355 e. The lowest BCUT2D eigenvalue weighted by molar-refractivity contribution is -0.124. The maximum Gasteiger partial charge on any atom is 0.251 e. The standard InChI is InChI=1S/C20H22N6O2/c1-13(2)20(12-21)9-11-26(18(20)28)16-8-10-23-19(25-16)24-15-6-4-14(5-7-15)17(27)22-3/h4-8,10,13H,9,11H2,1-3H3,(H,22,27)(H,23,24,25). The zero-order valence-electron chi connectivity index (χ0n) is 16.1.